The summed E-state index contributed by atoms with van der Waals surface area (Å²) in [5.41, 5.74) is 0. The molecule has 0 spiro atoms. The molecular weight excluding hydrogens is 166 g/mol. The third-order valence-corrected chi connectivity index (χ3v) is 0.607. The summed E-state index contributed by atoms with van der Waals surface area (Å²) < 4.78 is 0. The van der Waals surface area contributed by atoms with Gasteiger partial charge in [-0.2, -0.15) is 36.4 Å². The van der Waals surface area contributed by atoms with Crippen LogP contribution in [-0.4, -0.2) is 0 Å². The Balaban J connectivity index is 0.000000222. The maximum Gasteiger partial charge on any atom is -0.171 e. The van der Waals surface area contributed by atoms with Crippen LogP contribution in [0.15, 0.2) is 30.3 Å². The van der Waals surface area contributed by atoms with Gasteiger partial charge in [0.25, 0.3) is 0 Å². The van der Waals surface area contributed by atoms with Crippen LogP contribution in [0.5, 0.6) is 0 Å². The Kier molecular flexibility index (Phi) is 7.01. The minimum atomic E-state index is 1.88. The van der Waals surface area contributed by atoms with Crippen molar-refractivity contribution in [3.63, 3.8) is 0 Å². The van der Waals surface area contributed by atoms with Crippen LogP contribution in [-0.2, 0) is 14.6 Å². The Labute approximate surface area is 61.5 Å². The van der Waals surface area contributed by atoms with E-state index in [9.17, 15) is 0 Å². The summed E-state index contributed by atoms with van der Waals surface area (Å²) in [5.74, 6) is 0. The van der Waals surface area contributed by atoms with Gasteiger partial charge in [-0.05, 0) is 0 Å². The second-order valence-electron chi connectivity index (χ2n) is 1.08. The van der Waals surface area contributed by atoms with E-state index in [2.05, 4.69) is 30.8 Å². The van der Waals surface area contributed by atoms with E-state index in [1.54, 1.807) is 0 Å². The zero-order valence-electron chi connectivity index (χ0n) is 4.08. The number of hydrogen-bond acceptors (Lipinski definition) is 0. The van der Waals surface area contributed by atoms with Gasteiger partial charge in [-0.15, -0.1) is 0 Å². The fraction of sp³-hybridized carbons (Fsp3) is 0. The zero-order valence-corrected chi connectivity index (χ0v) is 5.82. The molecule has 0 nitrogen and oxygen atoms in total. The molecule has 0 saturated heterocycles. The third kappa shape index (κ3) is 4.17. The number of benzene rings is 1. The summed E-state index contributed by atoms with van der Waals surface area (Å²) in [6.45, 7) is 0. The molecule has 0 aliphatic rings. The smallest absolute Gasteiger partial charge is 0.171 e. The Morgan fingerprint density at radius 1 is 1.00 bits per heavy atom. The minimum Gasteiger partial charge on any atom is -0.184 e. The SMILES string of the molecule is [Cl][Ni].[c-]1ccccc1. The van der Waals surface area contributed by atoms with Crippen molar-refractivity contribution in [1.82, 2.24) is 0 Å². The van der Waals surface area contributed by atoms with Crippen LogP contribution in [0.3, 0.4) is 0 Å². The molecule has 0 aromatic heterocycles. The summed E-state index contributed by atoms with van der Waals surface area (Å²) in [6, 6.07) is 12.5. The van der Waals surface area contributed by atoms with E-state index in [4.69, 9.17) is 0 Å². The molecule has 0 heterocycles. The fourth-order valence-electron chi connectivity index (χ4n) is 0.342. The van der Waals surface area contributed by atoms with E-state index in [0.29, 0.717) is 0 Å². The average Bonchev–Trinajstić information content (AvgIpc) is 1.96. The van der Waals surface area contributed by atoms with E-state index in [1.165, 1.54) is 0 Å². The predicted molar refractivity (Wildman–Crippen MR) is 31.1 cm³/mol. The quantitative estimate of drug-likeness (QED) is 0.414. The number of rotatable bonds is 0. The van der Waals surface area contributed by atoms with Crippen molar-refractivity contribution in [2.75, 3.05) is 0 Å². The molecule has 1 rings (SSSR count). The molecule has 0 aliphatic heterocycles. The van der Waals surface area contributed by atoms with Gasteiger partial charge in [-0.1, -0.05) is 0 Å². The van der Waals surface area contributed by atoms with E-state index in [1.807, 2.05) is 30.3 Å². The van der Waals surface area contributed by atoms with Gasteiger partial charge in [-0.3, -0.25) is 0 Å². The van der Waals surface area contributed by atoms with Gasteiger partial charge in [0.1, 0.15) is 0 Å². The topological polar surface area (TPSA) is 0 Å². The molecule has 0 N–H and O–H groups in total. The first-order chi connectivity index (χ1) is 4.00. The summed E-state index contributed by atoms with van der Waals surface area (Å²) in [5, 5.41) is 0. The van der Waals surface area contributed by atoms with E-state index >= 15 is 0 Å². The minimum absolute atomic E-state index is 1.88. The summed E-state index contributed by atoms with van der Waals surface area (Å²) in [6.07, 6.45) is 0. The molecule has 0 unspecified atom stereocenters. The van der Waals surface area contributed by atoms with Crippen LogP contribution in [0.2, 0.25) is 0 Å². The monoisotopic (exact) mass is 170 g/mol. The normalized spacial score (nSPS) is 6.88. The second-order valence-corrected chi connectivity index (χ2v) is 1.08. The standard InChI is InChI=1S/C6H5.ClH.Ni/c1-2-4-6-5-3-1;;/h1-5H;1H;/q-1;;+1/p-1. The van der Waals surface area contributed by atoms with E-state index < -0.39 is 0 Å². The molecule has 8 heavy (non-hydrogen) atoms. The maximum atomic E-state index is 4.26. The predicted octanol–water partition coefficient (Wildman–Crippen LogP) is 2.17. The van der Waals surface area contributed by atoms with Crippen molar-refractivity contribution in [1.29, 1.82) is 0 Å². The van der Waals surface area contributed by atoms with E-state index in [0.717, 1.165) is 0 Å². The summed E-state index contributed by atoms with van der Waals surface area (Å²) in [7, 11) is 4.26. The molecule has 0 radical (unpaired) electrons. The first-order valence-electron chi connectivity index (χ1n) is 2.03. The summed E-state index contributed by atoms with van der Waals surface area (Å²) >= 11 is 3.35. The van der Waals surface area contributed by atoms with Crippen LogP contribution in [0.4, 0.5) is 0 Å². The molecule has 0 amide bonds. The molecule has 1 aromatic rings. The molecular formula is C6H5ClNi-. The van der Waals surface area contributed by atoms with Crippen LogP contribution in [0.25, 0.3) is 0 Å². The second kappa shape index (κ2) is 7.00. The van der Waals surface area contributed by atoms with E-state index in [-0.39, 0.29) is 0 Å². The van der Waals surface area contributed by atoms with Gasteiger partial charge >= 0.3 is 24.8 Å². The van der Waals surface area contributed by atoms with Gasteiger partial charge in [0.15, 0.2) is 0 Å². The van der Waals surface area contributed by atoms with Crippen molar-refractivity contribution < 1.29 is 14.6 Å². The molecule has 1 aromatic carbocycles. The van der Waals surface area contributed by atoms with Gasteiger partial charge in [0.2, 0.25) is 0 Å². The van der Waals surface area contributed by atoms with Crippen molar-refractivity contribution in [3.8, 4) is 0 Å². The Morgan fingerprint density at radius 3 is 1.62 bits per heavy atom. The molecule has 0 saturated carbocycles. The molecule has 0 atom stereocenters. The molecule has 0 bridgehead atoms. The number of hydrogen-bond donors (Lipinski definition) is 0. The van der Waals surface area contributed by atoms with Crippen LogP contribution in [0.1, 0.15) is 0 Å². The first kappa shape index (κ1) is 8.00. The Hall–Kier alpha value is 0.00351. The van der Waals surface area contributed by atoms with Gasteiger partial charge < -0.3 is 0 Å². The van der Waals surface area contributed by atoms with Gasteiger partial charge in [0, 0.05) is 0 Å². The van der Waals surface area contributed by atoms with Gasteiger partial charge in [-0.25, -0.2) is 0 Å². The van der Waals surface area contributed by atoms with Crippen molar-refractivity contribution in [3.05, 3.63) is 36.4 Å². The van der Waals surface area contributed by atoms with Crippen LogP contribution in [0, 0.1) is 6.07 Å². The summed E-state index contributed by atoms with van der Waals surface area (Å²) in [4.78, 5) is 0. The zero-order chi connectivity index (χ0) is 6.24. The Bertz CT molecular complexity index is 80.5. The van der Waals surface area contributed by atoms with Crippen molar-refractivity contribution in [2.24, 2.45) is 0 Å². The average molecular weight is 171 g/mol. The Morgan fingerprint density at radius 2 is 1.50 bits per heavy atom. The van der Waals surface area contributed by atoms with Crippen molar-refractivity contribution >= 4 is 10.2 Å². The number of halogens is 1. The molecule has 0 fully saturated rings. The molecule has 47 valence electrons. The maximum absolute atomic E-state index is 4.26. The molecule has 0 aliphatic carbocycles. The molecule has 2 heteroatoms. The third-order valence-electron chi connectivity index (χ3n) is 0.607. The van der Waals surface area contributed by atoms with Crippen LogP contribution < -0.4 is 0 Å². The van der Waals surface area contributed by atoms with Gasteiger partial charge in [0.05, 0.1) is 0 Å². The van der Waals surface area contributed by atoms with Crippen LogP contribution >= 0.6 is 10.2 Å². The van der Waals surface area contributed by atoms with Crippen molar-refractivity contribution in [2.45, 2.75) is 0 Å². The first-order valence-corrected chi connectivity index (χ1v) is 3.39. The fourth-order valence-corrected chi connectivity index (χ4v) is 0.342. The largest absolute Gasteiger partial charge is 0.184 e.